The van der Waals surface area contributed by atoms with Gasteiger partial charge in [-0.15, -0.1) is 0 Å². The van der Waals surface area contributed by atoms with Gasteiger partial charge in [0.1, 0.15) is 11.5 Å². The van der Waals surface area contributed by atoms with Gasteiger partial charge >= 0.3 is 0 Å². The molecule has 1 rings (SSSR count). The van der Waals surface area contributed by atoms with Gasteiger partial charge in [0.25, 0.3) is 6.43 Å². The molecular weight excluding hydrogens is 178 g/mol. The first-order valence-corrected chi connectivity index (χ1v) is 3.56. The Hall–Kier alpha value is -1.52. The van der Waals surface area contributed by atoms with E-state index in [0.29, 0.717) is 6.29 Å². The number of aldehydes is 1. The topological polar surface area (TPSA) is 56.0 Å². The molecule has 0 saturated heterocycles. The second-order valence-corrected chi connectivity index (χ2v) is 2.58. The van der Waals surface area contributed by atoms with Crippen molar-refractivity contribution in [1.29, 1.82) is 0 Å². The van der Waals surface area contributed by atoms with Gasteiger partial charge in [0, 0.05) is 0 Å². The summed E-state index contributed by atoms with van der Waals surface area (Å²) in [5, 5.41) is 0. The molecule has 0 radical (unpaired) electrons. The first kappa shape index (κ1) is 9.57. The summed E-state index contributed by atoms with van der Waals surface area (Å²) in [4.78, 5) is 13.8. The van der Waals surface area contributed by atoms with Gasteiger partial charge in [-0.1, -0.05) is 0 Å². The molecular formula is C8H8F2N2O. The number of carbonyl (C=O) groups excluding carboxylic acids is 1. The Morgan fingerprint density at radius 2 is 2.23 bits per heavy atom. The molecule has 2 N–H and O–H groups in total. The van der Waals surface area contributed by atoms with Crippen LogP contribution >= 0.6 is 0 Å². The number of aromatic nitrogens is 1. The van der Waals surface area contributed by atoms with Crippen LogP contribution in [0.25, 0.3) is 0 Å². The molecule has 0 saturated carbocycles. The average molecular weight is 186 g/mol. The van der Waals surface area contributed by atoms with E-state index in [-0.39, 0.29) is 22.6 Å². The van der Waals surface area contributed by atoms with Gasteiger partial charge in [-0.25, -0.2) is 13.8 Å². The minimum atomic E-state index is -2.66. The quantitative estimate of drug-likeness (QED) is 0.715. The summed E-state index contributed by atoms with van der Waals surface area (Å²) in [6.07, 6.45) is -2.19. The van der Waals surface area contributed by atoms with Crippen molar-refractivity contribution >= 4 is 12.1 Å². The Bertz CT molecular complexity index is 316. The fraction of sp³-hybridized carbons (Fsp3) is 0.250. The van der Waals surface area contributed by atoms with E-state index in [4.69, 9.17) is 5.73 Å². The van der Waals surface area contributed by atoms with Crippen LogP contribution in [0.15, 0.2) is 6.07 Å². The second-order valence-electron chi connectivity index (χ2n) is 2.58. The first-order chi connectivity index (χ1) is 6.06. The molecule has 0 unspecified atom stereocenters. The molecule has 1 aromatic heterocycles. The Kier molecular flexibility index (Phi) is 2.55. The van der Waals surface area contributed by atoms with Crippen molar-refractivity contribution in [3.05, 3.63) is 22.9 Å². The Morgan fingerprint density at radius 1 is 1.62 bits per heavy atom. The number of halogens is 2. The van der Waals surface area contributed by atoms with Crippen molar-refractivity contribution in [2.75, 3.05) is 5.73 Å². The van der Waals surface area contributed by atoms with Crippen LogP contribution in [0.1, 0.15) is 28.0 Å². The van der Waals surface area contributed by atoms with E-state index in [0.717, 1.165) is 0 Å². The number of aryl methyl sites for hydroxylation is 1. The summed E-state index contributed by atoms with van der Waals surface area (Å²) < 4.78 is 24.6. The van der Waals surface area contributed by atoms with Crippen LogP contribution in [-0.4, -0.2) is 11.3 Å². The Labute approximate surface area is 73.6 Å². The number of pyridine rings is 1. The SMILES string of the molecule is Cc1cc(C=O)nc(N)c1C(F)F. The second kappa shape index (κ2) is 3.47. The van der Waals surface area contributed by atoms with Crippen LogP contribution in [0.4, 0.5) is 14.6 Å². The highest BCUT2D eigenvalue weighted by molar-refractivity contribution is 5.73. The van der Waals surface area contributed by atoms with Gasteiger partial charge in [0.2, 0.25) is 0 Å². The van der Waals surface area contributed by atoms with Crippen LogP contribution in [0, 0.1) is 6.92 Å². The molecule has 0 amide bonds. The summed E-state index contributed by atoms with van der Waals surface area (Å²) in [7, 11) is 0. The maximum atomic E-state index is 12.3. The normalized spacial score (nSPS) is 10.5. The number of hydrogen-bond donors (Lipinski definition) is 1. The standard InChI is InChI=1S/C8H8F2N2O/c1-4-2-5(3-13)12-8(11)6(4)7(9)10/h2-3,7H,1H3,(H2,11,12). The molecule has 13 heavy (non-hydrogen) atoms. The molecule has 5 heteroatoms. The van der Waals surface area contributed by atoms with Crippen molar-refractivity contribution in [3.63, 3.8) is 0 Å². The van der Waals surface area contributed by atoms with Gasteiger partial charge in [-0.05, 0) is 18.6 Å². The average Bonchev–Trinajstić information content (AvgIpc) is 2.02. The predicted octanol–water partition coefficient (Wildman–Crippen LogP) is 1.72. The Morgan fingerprint density at radius 3 is 2.62 bits per heavy atom. The maximum absolute atomic E-state index is 12.3. The molecule has 70 valence electrons. The van der Waals surface area contributed by atoms with Crippen LogP contribution in [0.5, 0.6) is 0 Å². The monoisotopic (exact) mass is 186 g/mol. The maximum Gasteiger partial charge on any atom is 0.267 e. The summed E-state index contributed by atoms with van der Waals surface area (Å²) in [6, 6.07) is 1.28. The third kappa shape index (κ3) is 1.80. The van der Waals surface area contributed by atoms with E-state index in [9.17, 15) is 13.6 Å². The highest BCUT2D eigenvalue weighted by Gasteiger charge is 2.16. The molecule has 0 bridgehead atoms. The number of carbonyl (C=O) groups is 1. The minimum absolute atomic E-state index is 0.0689. The highest BCUT2D eigenvalue weighted by atomic mass is 19.3. The van der Waals surface area contributed by atoms with E-state index in [1.807, 2.05) is 0 Å². The van der Waals surface area contributed by atoms with Gasteiger partial charge in [0.05, 0.1) is 5.56 Å². The molecule has 0 fully saturated rings. The molecule has 0 aliphatic carbocycles. The summed E-state index contributed by atoms with van der Waals surface area (Å²) in [6.45, 7) is 1.46. The smallest absolute Gasteiger partial charge is 0.267 e. The number of nitrogen functional groups attached to an aromatic ring is 1. The van der Waals surface area contributed by atoms with E-state index in [1.165, 1.54) is 13.0 Å². The third-order valence-corrected chi connectivity index (χ3v) is 1.65. The van der Waals surface area contributed by atoms with Crippen LogP contribution < -0.4 is 5.73 Å². The van der Waals surface area contributed by atoms with E-state index in [2.05, 4.69) is 4.98 Å². The Balaban J connectivity index is 3.31. The fourth-order valence-electron chi connectivity index (χ4n) is 1.08. The zero-order valence-corrected chi connectivity index (χ0v) is 6.92. The van der Waals surface area contributed by atoms with E-state index >= 15 is 0 Å². The van der Waals surface area contributed by atoms with Crippen LogP contribution in [-0.2, 0) is 0 Å². The lowest BCUT2D eigenvalue weighted by molar-refractivity contribution is 0.111. The summed E-state index contributed by atoms with van der Waals surface area (Å²) in [5.74, 6) is -0.280. The number of hydrogen-bond acceptors (Lipinski definition) is 3. The zero-order valence-electron chi connectivity index (χ0n) is 6.92. The predicted molar refractivity (Wildman–Crippen MR) is 43.7 cm³/mol. The van der Waals surface area contributed by atoms with Crippen molar-refractivity contribution in [3.8, 4) is 0 Å². The van der Waals surface area contributed by atoms with Crippen molar-refractivity contribution in [1.82, 2.24) is 4.98 Å². The lowest BCUT2D eigenvalue weighted by Gasteiger charge is -2.07. The number of nitrogens with zero attached hydrogens (tertiary/aromatic N) is 1. The number of rotatable bonds is 2. The molecule has 1 heterocycles. The summed E-state index contributed by atoms with van der Waals surface area (Å²) in [5.41, 5.74) is 5.30. The number of nitrogens with two attached hydrogens (primary N) is 1. The third-order valence-electron chi connectivity index (χ3n) is 1.65. The first-order valence-electron chi connectivity index (χ1n) is 3.56. The largest absolute Gasteiger partial charge is 0.383 e. The minimum Gasteiger partial charge on any atom is -0.383 e. The lowest BCUT2D eigenvalue weighted by atomic mass is 10.1. The number of anilines is 1. The van der Waals surface area contributed by atoms with Gasteiger partial charge in [-0.3, -0.25) is 4.79 Å². The zero-order chi connectivity index (χ0) is 10.0. The molecule has 0 aliphatic rings. The molecule has 0 aromatic carbocycles. The van der Waals surface area contributed by atoms with Gasteiger partial charge < -0.3 is 5.73 Å². The van der Waals surface area contributed by atoms with Crippen LogP contribution in [0.2, 0.25) is 0 Å². The van der Waals surface area contributed by atoms with Crippen molar-refractivity contribution < 1.29 is 13.6 Å². The molecule has 0 atom stereocenters. The van der Waals surface area contributed by atoms with E-state index in [1.54, 1.807) is 0 Å². The summed E-state index contributed by atoms with van der Waals surface area (Å²) >= 11 is 0. The number of alkyl halides is 2. The molecule has 0 spiro atoms. The van der Waals surface area contributed by atoms with Gasteiger partial charge in [-0.2, -0.15) is 0 Å². The lowest BCUT2D eigenvalue weighted by Crippen LogP contribution is -2.03. The van der Waals surface area contributed by atoms with Crippen LogP contribution in [0.3, 0.4) is 0 Å². The fourth-order valence-corrected chi connectivity index (χ4v) is 1.08. The molecule has 3 nitrogen and oxygen atoms in total. The van der Waals surface area contributed by atoms with Crippen molar-refractivity contribution in [2.24, 2.45) is 0 Å². The van der Waals surface area contributed by atoms with Gasteiger partial charge in [0.15, 0.2) is 6.29 Å². The highest BCUT2D eigenvalue weighted by Crippen LogP contribution is 2.26. The molecule has 0 aliphatic heterocycles. The van der Waals surface area contributed by atoms with E-state index < -0.39 is 6.43 Å². The molecule has 1 aromatic rings. The van der Waals surface area contributed by atoms with Crippen molar-refractivity contribution in [2.45, 2.75) is 13.3 Å².